The van der Waals surface area contributed by atoms with Gasteiger partial charge in [-0.2, -0.15) is 5.26 Å². The Morgan fingerprint density at radius 1 is 1.02 bits per heavy atom. The van der Waals surface area contributed by atoms with Crippen LogP contribution in [0.3, 0.4) is 0 Å². The maximum absolute atomic E-state index is 14.0. The zero-order valence-electron chi connectivity index (χ0n) is 37.8. The van der Waals surface area contributed by atoms with Crippen LogP contribution in [0.4, 0.5) is 11.4 Å². The van der Waals surface area contributed by atoms with Gasteiger partial charge in [0.25, 0.3) is 5.91 Å². The zero-order valence-corrected chi connectivity index (χ0v) is 39.4. The topological polar surface area (TPSA) is 191 Å². The summed E-state index contributed by atoms with van der Waals surface area (Å²) < 4.78 is 17.4. The number of ether oxygens (including phenoxy) is 2. The second kappa shape index (κ2) is 20.3. The van der Waals surface area contributed by atoms with Gasteiger partial charge < -0.3 is 39.4 Å². The lowest BCUT2D eigenvalue weighted by Crippen LogP contribution is -2.58. The summed E-state index contributed by atoms with van der Waals surface area (Å²) in [5.74, 6) is 0.507. The van der Waals surface area contributed by atoms with Gasteiger partial charge in [-0.3, -0.25) is 24.1 Å². The highest BCUT2D eigenvalue weighted by Crippen LogP contribution is 2.38. The first-order chi connectivity index (χ1) is 31.4. The van der Waals surface area contributed by atoms with Crippen LogP contribution in [0.1, 0.15) is 77.8 Å². The maximum atomic E-state index is 14.0. The molecule has 0 radical (unpaired) electrons. The van der Waals surface area contributed by atoms with Crippen LogP contribution in [-0.4, -0.2) is 93.8 Å². The van der Waals surface area contributed by atoms with E-state index in [4.69, 9.17) is 37.7 Å². The van der Waals surface area contributed by atoms with Crippen molar-refractivity contribution >= 4 is 63.9 Å². The highest BCUT2D eigenvalue weighted by atomic mass is 35.5. The Labute approximate surface area is 395 Å². The van der Waals surface area contributed by atoms with Crippen LogP contribution in [0.5, 0.6) is 5.75 Å². The van der Waals surface area contributed by atoms with E-state index in [1.54, 1.807) is 29.3 Å². The fraction of sp³-hybridized carbons (Fsp3) is 0.449. The first-order valence-corrected chi connectivity index (χ1v) is 23.0. The summed E-state index contributed by atoms with van der Waals surface area (Å²) in [6.45, 7) is 10.1. The molecule has 66 heavy (non-hydrogen) atoms. The van der Waals surface area contributed by atoms with Crippen LogP contribution < -0.4 is 25.2 Å². The largest absolute Gasteiger partial charge is 0.493 e. The Bertz CT molecular complexity index is 2440. The highest BCUT2D eigenvalue weighted by Gasteiger charge is 2.50. The number of nitrogens with zero attached hydrogens (tertiary/aromatic N) is 5. The van der Waals surface area contributed by atoms with E-state index in [-0.39, 0.29) is 48.9 Å². The number of halogens is 1. The molecule has 0 unspecified atom stereocenters. The van der Waals surface area contributed by atoms with Gasteiger partial charge in [-0.15, -0.1) is 0 Å². The van der Waals surface area contributed by atoms with Crippen molar-refractivity contribution in [1.29, 1.82) is 5.26 Å². The summed E-state index contributed by atoms with van der Waals surface area (Å²) >= 11 is 12.1. The molecule has 4 aromatic rings. The molecular formula is C49H56ClN7O8S. The SMILES string of the molecule is CC(C)(C)[C@H](NC(=O)COCC1CCC(COc2ccc(N3C(=S)N(c4ccc(C#N)c(Cl)c4)C(=O)C3(C)C)cc2)CC1)C(=O)N1C[C@H](O)C[C@H]1C(=O)NCc1ccc(-c2cnco2)cc1. The molecule has 3 fully saturated rings. The molecule has 1 aromatic heterocycles. The van der Waals surface area contributed by atoms with Crippen molar-refractivity contribution in [1.82, 2.24) is 20.5 Å². The zero-order chi connectivity index (χ0) is 47.3. The van der Waals surface area contributed by atoms with Crippen molar-refractivity contribution < 1.29 is 38.2 Å². The Balaban J connectivity index is 0.836. The summed E-state index contributed by atoms with van der Waals surface area (Å²) in [7, 11) is 0. The van der Waals surface area contributed by atoms with Gasteiger partial charge in [0.2, 0.25) is 17.7 Å². The summed E-state index contributed by atoms with van der Waals surface area (Å²) in [5.41, 5.74) is 1.58. The molecular weight excluding hydrogens is 882 g/mol. The van der Waals surface area contributed by atoms with E-state index in [1.165, 1.54) is 16.2 Å². The van der Waals surface area contributed by atoms with Crippen molar-refractivity contribution in [2.24, 2.45) is 17.3 Å². The third kappa shape index (κ3) is 10.9. The molecule has 17 heteroatoms. The molecule has 4 amide bonds. The van der Waals surface area contributed by atoms with E-state index >= 15 is 0 Å². The number of carbonyl (C=O) groups excluding carboxylic acids is 4. The monoisotopic (exact) mass is 937 g/mol. The molecule has 3 atom stereocenters. The smallest absolute Gasteiger partial charge is 0.259 e. The molecule has 15 nitrogen and oxygen atoms in total. The number of nitrogens with one attached hydrogen (secondary N) is 2. The van der Waals surface area contributed by atoms with Crippen molar-refractivity contribution in [2.45, 2.75) is 97.0 Å². The predicted octanol–water partition coefficient (Wildman–Crippen LogP) is 6.79. The Kier molecular flexibility index (Phi) is 14.8. The van der Waals surface area contributed by atoms with Gasteiger partial charge in [0, 0.05) is 30.8 Å². The number of likely N-dealkylation sites (tertiary alicyclic amines) is 1. The van der Waals surface area contributed by atoms with E-state index < -0.39 is 41.0 Å². The van der Waals surface area contributed by atoms with Crippen LogP contribution >= 0.6 is 23.8 Å². The Hall–Kier alpha value is -5.86. The third-order valence-electron chi connectivity index (χ3n) is 12.6. The standard InChI is InChI=1S/C49H56ClN7O8S/c1-48(2,3)43(45(61)55-25-37(58)21-40(55)44(60)53-23-30-10-12-33(13-11-30)41-24-52-29-65-41)54-42(59)28-63-26-31-6-8-32(9-7-31)27-64-38-18-16-35(17-19-38)57-47(66)56(46(62)49(57,4)5)36-15-14-34(22-51)39(50)20-36/h10-20,24,29,31-32,37,40,43,58H,6-9,21,23,25-28H2,1-5H3,(H,53,60)(H,54,59)/t31?,32?,37-,40+,43-/m1/s1. The first kappa shape index (κ1) is 48.1. The number of aromatic nitrogens is 1. The number of hydrogen-bond donors (Lipinski definition) is 3. The molecule has 2 aliphatic heterocycles. The molecule has 0 bridgehead atoms. The van der Waals surface area contributed by atoms with Crippen LogP contribution in [0.25, 0.3) is 11.3 Å². The number of nitriles is 1. The molecule has 1 saturated carbocycles. The van der Waals surface area contributed by atoms with Crippen molar-refractivity contribution in [3.05, 3.63) is 95.5 Å². The van der Waals surface area contributed by atoms with Gasteiger partial charge in [0.15, 0.2) is 17.3 Å². The minimum atomic E-state index is -0.972. The number of thiocarbonyl (C=S) groups is 1. The quantitative estimate of drug-likeness (QED) is 0.106. The fourth-order valence-corrected chi connectivity index (χ4v) is 9.49. The van der Waals surface area contributed by atoms with Gasteiger partial charge >= 0.3 is 0 Å². The number of hydrogen-bond acceptors (Lipinski definition) is 11. The summed E-state index contributed by atoms with van der Waals surface area (Å²) in [4.78, 5) is 62.8. The maximum Gasteiger partial charge on any atom is 0.259 e. The molecule has 3 N–H and O–H groups in total. The lowest BCUT2D eigenvalue weighted by Gasteiger charge is -2.35. The van der Waals surface area contributed by atoms with Crippen LogP contribution in [0.15, 0.2) is 83.7 Å². The fourth-order valence-electron chi connectivity index (χ4n) is 8.75. The van der Waals surface area contributed by atoms with Gasteiger partial charge in [-0.1, -0.05) is 56.6 Å². The van der Waals surface area contributed by atoms with Gasteiger partial charge in [-0.05, 0) is 117 Å². The highest BCUT2D eigenvalue weighted by molar-refractivity contribution is 7.81. The number of rotatable bonds is 15. The van der Waals surface area contributed by atoms with E-state index in [0.717, 1.165) is 42.5 Å². The van der Waals surface area contributed by atoms with E-state index in [1.807, 2.05) is 89.2 Å². The number of aliphatic hydroxyl groups excluding tert-OH is 1. The number of amides is 4. The molecule has 3 aromatic carbocycles. The number of β-amino-alcohol motifs (C(OH)–C–C–N with tert-alkyl or cyclic N) is 1. The average molecular weight is 939 g/mol. The number of carbonyl (C=O) groups is 4. The van der Waals surface area contributed by atoms with E-state index in [0.29, 0.717) is 47.0 Å². The second-order valence-electron chi connectivity index (χ2n) is 18.8. The summed E-state index contributed by atoms with van der Waals surface area (Å²) in [6, 6.07) is 20.0. The summed E-state index contributed by atoms with van der Waals surface area (Å²) in [5, 5.41) is 26.2. The lowest BCUT2D eigenvalue weighted by molar-refractivity contribution is -0.144. The van der Waals surface area contributed by atoms with Crippen molar-refractivity contribution in [2.75, 3.05) is 36.2 Å². The van der Waals surface area contributed by atoms with Crippen LogP contribution in [0, 0.1) is 28.6 Å². The third-order valence-corrected chi connectivity index (χ3v) is 13.2. The first-order valence-electron chi connectivity index (χ1n) is 22.2. The van der Waals surface area contributed by atoms with Gasteiger partial charge in [-0.25, -0.2) is 4.98 Å². The molecule has 2 saturated heterocycles. The normalized spacial score (nSPS) is 21.1. The average Bonchev–Trinajstić information content (AvgIpc) is 4.01. The molecule has 3 aliphatic rings. The second-order valence-corrected chi connectivity index (χ2v) is 19.6. The molecule has 3 heterocycles. The Morgan fingerprint density at radius 3 is 2.30 bits per heavy atom. The van der Waals surface area contributed by atoms with Crippen molar-refractivity contribution in [3.8, 4) is 23.1 Å². The molecule has 1 aliphatic carbocycles. The number of oxazole rings is 1. The molecule has 348 valence electrons. The summed E-state index contributed by atoms with van der Waals surface area (Å²) in [6.07, 6.45) is 5.92. The van der Waals surface area contributed by atoms with E-state index in [2.05, 4.69) is 15.6 Å². The number of aliphatic hydroxyl groups is 1. The minimum absolute atomic E-state index is 0.0181. The lowest BCUT2D eigenvalue weighted by atomic mass is 9.83. The van der Waals surface area contributed by atoms with E-state index in [9.17, 15) is 29.5 Å². The number of benzene rings is 3. The molecule has 7 rings (SSSR count). The molecule has 0 spiro atoms. The predicted molar refractivity (Wildman–Crippen MR) is 252 cm³/mol. The van der Waals surface area contributed by atoms with Crippen LogP contribution in [-0.2, 0) is 30.5 Å². The Morgan fingerprint density at radius 2 is 1.68 bits per heavy atom. The van der Waals surface area contributed by atoms with Gasteiger partial charge in [0.05, 0.1) is 41.8 Å². The minimum Gasteiger partial charge on any atom is -0.493 e. The number of anilines is 2. The van der Waals surface area contributed by atoms with Crippen LogP contribution in [0.2, 0.25) is 5.02 Å². The van der Waals surface area contributed by atoms with Gasteiger partial charge in [0.1, 0.15) is 36.0 Å². The van der Waals surface area contributed by atoms with Crippen molar-refractivity contribution in [3.63, 3.8) is 0 Å².